The van der Waals surface area contributed by atoms with Gasteiger partial charge in [-0.1, -0.05) is 12.1 Å². The van der Waals surface area contributed by atoms with E-state index in [9.17, 15) is 9.18 Å². The predicted octanol–water partition coefficient (Wildman–Crippen LogP) is 3.31. The number of likely N-dealkylation sites (tertiary alicyclic amines) is 1. The minimum absolute atomic E-state index is 0.213. The molecular weight excluding hydrogens is 283 g/mol. The Labute approximate surface area is 131 Å². The second-order valence-corrected chi connectivity index (χ2v) is 6.78. The van der Waals surface area contributed by atoms with Crippen LogP contribution >= 0.6 is 0 Å². The number of hydrogen-bond donors (Lipinski definition) is 1. The molecule has 1 amide bonds. The molecule has 1 N–H and O–H groups in total. The zero-order valence-electron chi connectivity index (χ0n) is 13.6. The van der Waals surface area contributed by atoms with Crippen molar-refractivity contribution in [3.05, 3.63) is 35.6 Å². The topological polar surface area (TPSA) is 41.6 Å². The van der Waals surface area contributed by atoms with Gasteiger partial charge in [-0.15, -0.1) is 0 Å². The third-order valence-electron chi connectivity index (χ3n) is 3.56. The molecule has 0 unspecified atom stereocenters. The zero-order valence-corrected chi connectivity index (χ0v) is 13.6. The fraction of sp³-hybridized carbons (Fsp3) is 0.588. The van der Waals surface area contributed by atoms with E-state index in [1.807, 2.05) is 26.8 Å². The molecule has 0 spiro atoms. The number of carbonyl (C=O) groups is 1. The summed E-state index contributed by atoms with van der Waals surface area (Å²) >= 11 is 0. The first-order valence-electron chi connectivity index (χ1n) is 7.79. The minimum Gasteiger partial charge on any atom is -0.444 e. The molecule has 122 valence electrons. The molecular formula is C17H25FN2O2. The van der Waals surface area contributed by atoms with Crippen LogP contribution in [0.4, 0.5) is 9.18 Å². The van der Waals surface area contributed by atoms with E-state index in [1.165, 1.54) is 12.1 Å². The number of nitrogens with one attached hydrogen (secondary N) is 1. The first-order valence-corrected chi connectivity index (χ1v) is 7.79. The van der Waals surface area contributed by atoms with Crippen molar-refractivity contribution in [2.24, 2.45) is 0 Å². The van der Waals surface area contributed by atoms with Crippen LogP contribution in [0.1, 0.15) is 39.2 Å². The van der Waals surface area contributed by atoms with Crippen LogP contribution in [0.25, 0.3) is 0 Å². The first kappa shape index (κ1) is 16.7. The van der Waals surface area contributed by atoms with Crippen LogP contribution in [-0.4, -0.2) is 35.7 Å². The van der Waals surface area contributed by atoms with E-state index >= 15 is 0 Å². The molecule has 1 aromatic rings. The highest BCUT2D eigenvalue weighted by Crippen LogP contribution is 2.16. The van der Waals surface area contributed by atoms with Crippen LogP contribution in [0.15, 0.2) is 24.3 Å². The summed E-state index contributed by atoms with van der Waals surface area (Å²) in [6.45, 7) is 7.57. The number of halogens is 1. The Kier molecular flexibility index (Phi) is 5.40. The average molecular weight is 308 g/mol. The SMILES string of the molecule is CC(C)(C)OC(=O)N1CCC[C@@H](NCc2cccc(F)c2)C1. The van der Waals surface area contributed by atoms with Crippen LogP contribution < -0.4 is 5.32 Å². The summed E-state index contributed by atoms with van der Waals surface area (Å²) in [5.74, 6) is -0.224. The van der Waals surface area contributed by atoms with Gasteiger partial charge in [0.2, 0.25) is 0 Å². The Morgan fingerprint density at radius 3 is 2.91 bits per heavy atom. The van der Waals surface area contributed by atoms with Gasteiger partial charge in [0.25, 0.3) is 0 Å². The van der Waals surface area contributed by atoms with Gasteiger partial charge >= 0.3 is 6.09 Å². The van der Waals surface area contributed by atoms with Crippen molar-refractivity contribution in [2.75, 3.05) is 13.1 Å². The smallest absolute Gasteiger partial charge is 0.410 e. The van der Waals surface area contributed by atoms with Crippen molar-refractivity contribution < 1.29 is 13.9 Å². The van der Waals surface area contributed by atoms with E-state index in [-0.39, 0.29) is 18.0 Å². The third-order valence-corrected chi connectivity index (χ3v) is 3.56. The number of hydrogen-bond acceptors (Lipinski definition) is 3. The van der Waals surface area contributed by atoms with E-state index in [1.54, 1.807) is 11.0 Å². The van der Waals surface area contributed by atoms with Gasteiger partial charge in [0.05, 0.1) is 0 Å². The first-order chi connectivity index (χ1) is 10.3. The van der Waals surface area contributed by atoms with Crippen molar-refractivity contribution in [3.8, 4) is 0 Å². The number of carbonyl (C=O) groups excluding carboxylic acids is 1. The normalized spacial score (nSPS) is 19.1. The minimum atomic E-state index is -0.473. The molecule has 0 bridgehead atoms. The van der Waals surface area contributed by atoms with Gasteiger partial charge in [0.15, 0.2) is 0 Å². The molecule has 1 fully saturated rings. The molecule has 0 radical (unpaired) electrons. The molecule has 0 aromatic heterocycles. The predicted molar refractivity (Wildman–Crippen MR) is 84.1 cm³/mol. The van der Waals surface area contributed by atoms with Crippen molar-refractivity contribution in [3.63, 3.8) is 0 Å². The summed E-state index contributed by atoms with van der Waals surface area (Å²) in [6.07, 6.45) is 1.69. The van der Waals surface area contributed by atoms with Gasteiger partial charge in [0, 0.05) is 25.7 Å². The van der Waals surface area contributed by atoms with E-state index in [0.29, 0.717) is 13.1 Å². The van der Waals surface area contributed by atoms with Gasteiger partial charge in [-0.3, -0.25) is 0 Å². The number of amides is 1. The highest BCUT2D eigenvalue weighted by molar-refractivity contribution is 5.68. The molecule has 5 heteroatoms. The zero-order chi connectivity index (χ0) is 16.2. The molecule has 0 aliphatic carbocycles. The lowest BCUT2D eigenvalue weighted by Crippen LogP contribution is -2.49. The fourth-order valence-electron chi connectivity index (χ4n) is 2.55. The Bertz CT molecular complexity index is 514. The van der Waals surface area contributed by atoms with E-state index in [0.717, 1.165) is 24.9 Å². The van der Waals surface area contributed by atoms with Gasteiger partial charge in [-0.2, -0.15) is 0 Å². The summed E-state index contributed by atoms with van der Waals surface area (Å²) in [5, 5.41) is 3.40. The molecule has 1 heterocycles. The lowest BCUT2D eigenvalue weighted by atomic mass is 10.1. The van der Waals surface area contributed by atoms with E-state index in [4.69, 9.17) is 4.74 Å². The van der Waals surface area contributed by atoms with Crippen molar-refractivity contribution in [1.82, 2.24) is 10.2 Å². The van der Waals surface area contributed by atoms with Crippen molar-refractivity contribution >= 4 is 6.09 Å². The molecule has 4 nitrogen and oxygen atoms in total. The Balaban J connectivity index is 1.84. The lowest BCUT2D eigenvalue weighted by molar-refractivity contribution is 0.0187. The van der Waals surface area contributed by atoms with Crippen molar-refractivity contribution in [1.29, 1.82) is 0 Å². The largest absolute Gasteiger partial charge is 0.444 e. The Morgan fingerprint density at radius 2 is 2.23 bits per heavy atom. The molecule has 2 rings (SSSR count). The molecule has 1 aromatic carbocycles. The molecule has 0 saturated carbocycles. The highest BCUT2D eigenvalue weighted by atomic mass is 19.1. The summed E-state index contributed by atoms with van der Waals surface area (Å²) in [5.41, 5.74) is 0.438. The third kappa shape index (κ3) is 5.30. The quantitative estimate of drug-likeness (QED) is 0.931. The van der Waals surface area contributed by atoms with Crippen LogP contribution in [0.5, 0.6) is 0 Å². The summed E-state index contributed by atoms with van der Waals surface area (Å²) in [6, 6.07) is 6.78. The summed E-state index contributed by atoms with van der Waals surface area (Å²) in [7, 11) is 0. The Morgan fingerprint density at radius 1 is 1.45 bits per heavy atom. The number of ether oxygens (including phenoxy) is 1. The number of piperidine rings is 1. The molecule has 1 saturated heterocycles. The maximum atomic E-state index is 13.2. The molecule has 1 atom stereocenters. The standard InChI is InChI=1S/C17H25FN2O2/c1-17(2,3)22-16(21)20-9-5-8-15(12-20)19-11-13-6-4-7-14(18)10-13/h4,6-7,10,15,19H,5,8-9,11-12H2,1-3H3/t15-/m1/s1. The second-order valence-electron chi connectivity index (χ2n) is 6.78. The highest BCUT2D eigenvalue weighted by Gasteiger charge is 2.27. The number of benzene rings is 1. The summed E-state index contributed by atoms with van der Waals surface area (Å²) < 4.78 is 18.6. The van der Waals surface area contributed by atoms with E-state index < -0.39 is 5.60 Å². The lowest BCUT2D eigenvalue weighted by Gasteiger charge is -2.34. The van der Waals surface area contributed by atoms with Crippen LogP contribution in [0.3, 0.4) is 0 Å². The van der Waals surface area contributed by atoms with Gasteiger partial charge in [-0.05, 0) is 51.3 Å². The van der Waals surface area contributed by atoms with Crippen LogP contribution in [-0.2, 0) is 11.3 Å². The molecule has 1 aliphatic heterocycles. The molecule has 22 heavy (non-hydrogen) atoms. The number of rotatable bonds is 3. The van der Waals surface area contributed by atoms with Gasteiger partial charge in [0.1, 0.15) is 11.4 Å². The van der Waals surface area contributed by atoms with Gasteiger partial charge in [-0.25, -0.2) is 9.18 Å². The average Bonchev–Trinajstić information content (AvgIpc) is 2.44. The molecule has 1 aliphatic rings. The Hall–Kier alpha value is -1.62. The van der Waals surface area contributed by atoms with Crippen LogP contribution in [0, 0.1) is 5.82 Å². The van der Waals surface area contributed by atoms with E-state index in [2.05, 4.69) is 5.32 Å². The van der Waals surface area contributed by atoms with Crippen molar-refractivity contribution in [2.45, 2.75) is 51.8 Å². The van der Waals surface area contributed by atoms with Crippen LogP contribution in [0.2, 0.25) is 0 Å². The maximum absolute atomic E-state index is 13.2. The second kappa shape index (κ2) is 7.09. The number of nitrogens with zero attached hydrogens (tertiary/aromatic N) is 1. The monoisotopic (exact) mass is 308 g/mol. The maximum Gasteiger partial charge on any atom is 0.410 e. The summed E-state index contributed by atoms with van der Waals surface area (Å²) in [4.78, 5) is 13.9. The van der Waals surface area contributed by atoms with Gasteiger partial charge < -0.3 is 15.0 Å². The fourth-order valence-corrected chi connectivity index (χ4v) is 2.55.